The van der Waals surface area contributed by atoms with Crippen LogP contribution in [0, 0.1) is 5.92 Å². The fraction of sp³-hybridized carbons (Fsp3) is 0.222. The summed E-state index contributed by atoms with van der Waals surface area (Å²) in [6, 6.07) is 19.1. The van der Waals surface area contributed by atoms with Crippen molar-refractivity contribution in [1.29, 1.82) is 0 Å². The van der Waals surface area contributed by atoms with Gasteiger partial charge >= 0.3 is 12.1 Å². The van der Waals surface area contributed by atoms with Crippen LogP contribution in [0.25, 0.3) is 11.1 Å². The van der Waals surface area contributed by atoms with Gasteiger partial charge in [-0.2, -0.15) is 0 Å². The molecule has 1 aliphatic carbocycles. The van der Waals surface area contributed by atoms with Crippen molar-refractivity contribution in [2.24, 2.45) is 5.92 Å². The summed E-state index contributed by atoms with van der Waals surface area (Å²) in [4.78, 5) is 36.6. The first-order valence-corrected chi connectivity index (χ1v) is 11.2. The third-order valence-electron chi connectivity index (χ3n) is 6.34. The molecule has 8 heteroatoms. The van der Waals surface area contributed by atoms with Crippen molar-refractivity contribution in [3.05, 3.63) is 83.4 Å². The van der Waals surface area contributed by atoms with Gasteiger partial charge in [-0.1, -0.05) is 55.5 Å². The predicted octanol–water partition coefficient (Wildman–Crippen LogP) is 4.59. The van der Waals surface area contributed by atoms with Gasteiger partial charge in [0.2, 0.25) is 5.91 Å². The molecular formula is C27H26N2O6. The second-order valence-corrected chi connectivity index (χ2v) is 8.57. The number of aromatic hydroxyl groups is 1. The van der Waals surface area contributed by atoms with E-state index in [4.69, 9.17) is 4.74 Å². The number of aromatic carboxylic acids is 1. The van der Waals surface area contributed by atoms with Gasteiger partial charge in [-0.3, -0.25) is 4.79 Å². The Balaban J connectivity index is 1.36. The lowest BCUT2D eigenvalue weighted by molar-refractivity contribution is -0.120. The molecule has 8 nitrogen and oxygen atoms in total. The molecule has 0 aromatic heterocycles. The number of amides is 2. The Labute approximate surface area is 202 Å². The average Bonchev–Trinajstić information content (AvgIpc) is 3.16. The van der Waals surface area contributed by atoms with Gasteiger partial charge in [0.1, 0.15) is 12.4 Å². The zero-order valence-electron chi connectivity index (χ0n) is 19.3. The Morgan fingerprint density at radius 2 is 1.54 bits per heavy atom. The van der Waals surface area contributed by atoms with Crippen LogP contribution in [0.4, 0.5) is 10.5 Å². The van der Waals surface area contributed by atoms with E-state index in [-0.39, 0.29) is 29.5 Å². The maximum atomic E-state index is 12.7. The lowest BCUT2D eigenvalue weighted by Crippen LogP contribution is -2.42. The molecule has 3 aromatic rings. The molecule has 0 bridgehead atoms. The average molecular weight is 475 g/mol. The number of phenols is 1. The van der Waals surface area contributed by atoms with E-state index >= 15 is 0 Å². The molecule has 0 aliphatic heterocycles. The van der Waals surface area contributed by atoms with E-state index in [1.165, 1.54) is 12.1 Å². The molecule has 4 rings (SSSR count). The van der Waals surface area contributed by atoms with Crippen LogP contribution in [0.5, 0.6) is 5.75 Å². The van der Waals surface area contributed by atoms with Crippen molar-refractivity contribution in [1.82, 2.24) is 5.32 Å². The minimum absolute atomic E-state index is 0.0560. The molecule has 2 atom stereocenters. The molecule has 0 saturated carbocycles. The summed E-state index contributed by atoms with van der Waals surface area (Å²) in [6.07, 6.45) is -0.644. The maximum absolute atomic E-state index is 12.7. The SMILES string of the molecule is CC(NC(=O)OCC1c2ccccc2-c2ccccc21)C(C)C(=O)Nc1ccc(O)cc1C(=O)O. The highest BCUT2D eigenvalue weighted by Crippen LogP contribution is 2.44. The summed E-state index contributed by atoms with van der Waals surface area (Å²) in [5.41, 5.74) is 4.29. The highest BCUT2D eigenvalue weighted by Gasteiger charge is 2.30. The summed E-state index contributed by atoms with van der Waals surface area (Å²) in [5, 5.41) is 24.1. The second-order valence-electron chi connectivity index (χ2n) is 8.57. The standard InChI is InChI=1S/C27H26N2O6/c1-15(25(31)29-24-12-11-17(30)13-22(24)26(32)33)16(2)28-27(34)35-14-23-20-9-5-3-7-18(20)19-8-4-6-10-21(19)23/h3-13,15-16,23,30H,14H2,1-2H3,(H,28,34)(H,29,31)(H,32,33). The first-order chi connectivity index (χ1) is 16.8. The van der Waals surface area contributed by atoms with Crippen LogP contribution >= 0.6 is 0 Å². The minimum Gasteiger partial charge on any atom is -0.508 e. The van der Waals surface area contributed by atoms with E-state index < -0.39 is 29.9 Å². The van der Waals surface area contributed by atoms with E-state index in [1.807, 2.05) is 36.4 Å². The van der Waals surface area contributed by atoms with Gasteiger partial charge in [-0.15, -0.1) is 0 Å². The molecule has 2 unspecified atom stereocenters. The van der Waals surface area contributed by atoms with Gasteiger partial charge in [0.05, 0.1) is 17.2 Å². The highest BCUT2D eigenvalue weighted by atomic mass is 16.5. The van der Waals surface area contributed by atoms with Crippen LogP contribution in [0.3, 0.4) is 0 Å². The summed E-state index contributed by atoms with van der Waals surface area (Å²) >= 11 is 0. The van der Waals surface area contributed by atoms with E-state index in [0.29, 0.717) is 0 Å². The smallest absolute Gasteiger partial charge is 0.407 e. The molecule has 35 heavy (non-hydrogen) atoms. The number of rotatable bonds is 7. The van der Waals surface area contributed by atoms with Crippen molar-refractivity contribution in [3.8, 4) is 16.9 Å². The number of carbonyl (C=O) groups is 3. The zero-order valence-corrected chi connectivity index (χ0v) is 19.3. The number of benzene rings is 3. The van der Waals surface area contributed by atoms with Crippen LogP contribution in [0.15, 0.2) is 66.7 Å². The molecule has 3 aromatic carbocycles. The lowest BCUT2D eigenvalue weighted by Gasteiger charge is -2.22. The summed E-state index contributed by atoms with van der Waals surface area (Å²) in [5.74, 6) is -2.75. The Morgan fingerprint density at radius 1 is 0.943 bits per heavy atom. The van der Waals surface area contributed by atoms with Gasteiger partial charge < -0.3 is 25.6 Å². The third kappa shape index (κ3) is 4.96. The van der Waals surface area contributed by atoms with Gasteiger partial charge in [0, 0.05) is 12.0 Å². The van der Waals surface area contributed by atoms with Crippen molar-refractivity contribution < 1.29 is 29.3 Å². The van der Waals surface area contributed by atoms with Crippen LogP contribution in [-0.2, 0) is 9.53 Å². The number of hydrogen-bond acceptors (Lipinski definition) is 5. The van der Waals surface area contributed by atoms with Gasteiger partial charge in [0.15, 0.2) is 0 Å². The molecule has 0 fully saturated rings. The molecule has 0 saturated heterocycles. The van der Waals surface area contributed by atoms with E-state index in [9.17, 15) is 24.6 Å². The number of carboxylic acids is 1. The van der Waals surface area contributed by atoms with Crippen molar-refractivity contribution in [2.75, 3.05) is 11.9 Å². The Kier molecular flexibility index (Phi) is 6.73. The molecule has 0 spiro atoms. The van der Waals surface area contributed by atoms with Gasteiger partial charge in [-0.05, 0) is 47.4 Å². The third-order valence-corrected chi connectivity index (χ3v) is 6.34. The Bertz CT molecular complexity index is 1240. The van der Waals surface area contributed by atoms with E-state index in [2.05, 4.69) is 22.8 Å². The summed E-state index contributed by atoms with van der Waals surface area (Å²) < 4.78 is 5.54. The van der Waals surface area contributed by atoms with E-state index in [1.54, 1.807) is 13.8 Å². The number of alkyl carbamates (subject to hydrolysis) is 1. The first kappa shape index (κ1) is 23.8. The number of nitrogens with one attached hydrogen (secondary N) is 2. The summed E-state index contributed by atoms with van der Waals surface area (Å²) in [6.45, 7) is 3.44. The number of hydrogen-bond donors (Lipinski definition) is 4. The number of carboxylic acid groups (broad SMARTS) is 1. The fourth-order valence-electron chi connectivity index (χ4n) is 4.24. The van der Waals surface area contributed by atoms with Crippen molar-refractivity contribution in [3.63, 3.8) is 0 Å². The maximum Gasteiger partial charge on any atom is 0.407 e. The Hall–Kier alpha value is -4.33. The molecule has 0 heterocycles. The fourth-order valence-corrected chi connectivity index (χ4v) is 4.24. The number of phenolic OH excluding ortho intramolecular Hbond substituents is 1. The van der Waals surface area contributed by atoms with Crippen LogP contribution < -0.4 is 10.6 Å². The molecular weight excluding hydrogens is 448 g/mol. The second kappa shape index (κ2) is 9.89. The van der Waals surface area contributed by atoms with Crippen molar-refractivity contribution in [2.45, 2.75) is 25.8 Å². The lowest BCUT2D eigenvalue weighted by atomic mass is 9.98. The topological polar surface area (TPSA) is 125 Å². The highest BCUT2D eigenvalue weighted by molar-refractivity contribution is 6.01. The quantitative estimate of drug-likeness (QED) is 0.371. The van der Waals surface area contributed by atoms with Crippen LogP contribution in [0.1, 0.15) is 41.3 Å². The van der Waals surface area contributed by atoms with Gasteiger partial charge in [-0.25, -0.2) is 9.59 Å². The molecule has 1 aliphatic rings. The van der Waals surface area contributed by atoms with Crippen LogP contribution in [-0.4, -0.2) is 40.8 Å². The number of fused-ring (bicyclic) bond motifs is 3. The largest absolute Gasteiger partial charge is 0.508 e. The molecule has 180 valence electrons. The van der Waals surface area contributed by atoms with Crippen molar-refractivity contribution >= 4 is 23.7 Å². The van der Waals surface area contributed by atoms with Gasteiger partial charge in [0.25, 0.3) is 0 Å². The number of anilines is 1. The number of ether oxygens (including phenoxy) is 1. The van der Waals surface area contributed by atoms with Crippen LogP contribution in [0.2, 0.25) is 0 Å². The predicted molar refractivity (Wildman–Crippen MR) is 131 cm³/mol. The molecule has 2 amide bonds. The minimum atomic E-state index is -1.28. The first-order valence-electron chi connectivity index (χ1n) is 11.2. The molecule has 0 radical (unpaired) electrons. The monoisotopic (exact) mass is 474 g/mol. The Morgan fingerprint density at radius 3 is 2.14 bits per heavy atom. The molecule has 4 N–H and O–H groups in total. The van der Waals surface area contributed by atoms with E-state index in [0.717, 1.165) is 28.3 Å². The summed E-state index contributed by atoms with van der Waals surface area (Å²) in [7, 11) is 0. The normalized spacial score (nSPS) is 13.8. The zero-order chi connectivity index (χ0) is 25.1. The number of carbonyl (C=O) groups excluding carboxylic acids is 2.